The minimum Gasteiger partial charge on any atom is -0.354 e. The molecule has 2 aromatic rings. The molecular weight excluding hydrogens is 386 g/mol. The van der Waals surface area contributed by atoms with E-state index in [-0.39, 0.29) is 41.6 Å². The summed E-state index contributed by atoms with van der Waals surface area (Å²) in [6.07, 6.45) is 0.978. The summed E-state index contributed by atoms with van der Waals surface area (Å²) in [4.78, 5) is 40.4. The summed E-state index contributed by atoms with van der Waals surface area (Å²) in [6, 6.07) is 8.07. The number of imide groups is 1. The molecule has 0 radical (unpaired) electrons. The predicted molar refractivity (Wildman–Crippen MR) is 104 cm³/mol. The van der Waals surface area contributed by atoms with Gasteiger partial charge in [0.05, 0.1) is 11.5 Å². The molecule has 0 aliphatic carbocycles. The van der Waals surface area contributed by atoms with Crippen LogP contribution in [0.3, 0.4) is 0 Å². The first kappa shape index (κ1) is 19.4. The average molecular weight is 406 g/mol. The van der Waals surface area contributed by atoms with Crippen LogP contribution in [0.4, 0.5) is 4.79 Å². The van der Waals surface area contributed by atoms with Crippen molar-refractivity contribution in [2.24, 2.45) is 0 Å². The second kappa shape index (κ2) is 9.05. The van der Waals surface area contributed by atoms with E-state index >= 15 is 0 Å². The molecule has 1 saturated heterocycles. The van der Waals surface area contributed by atoms with E-state index in [0.29, 0.717) is 11.0 Å². The SMILES string of the molecule is CCc1ccc(-c2nc(SCC(=O)NCCN3C(=O)CSC3=O)n[nH]2)cc1. The minimum absolute atomic E-state index is 0.155. The second-order valence-electron chi connectivity index (χ2n) is 5.76. The fourth-order valence-electron chi connectivity index (χ4n) is 2.42. The molecule has 10 heteroatoms. The summed E-state index contributed by atoms with van der Waals surface area (Å²) < 4.78 is 0. The number of nitrogens with zero attached hydrogens (tertiary/aromatic N) is 3. The van der Waals surface area contributed by atoms with Crippen molar-refractivity contribution in [2.45, 2.75) is 18.5 Å². The van der Waals surface area contributed by atoms with Crippen LogP contribution in [0.1, 0.15) is 12.5 Å². The lowest BCUT2D eigenvalue weighted by Gasteiger charge is -2.12. The Morgan fingerprint density at radius 2 is 2.11 bits per heavy atom. The number of thioether (sulfide) groups is 2. The third-order valence-corrected chi connectivity index (χ3v) is 5.64. The van der Waals surface area contributed by atoms with E-state index in [0.717, 1.165) is 28.6 Å². The van der Waals surface area contributed by atoms with E-state index in [1.54, 1.807) is 0 Å². The van der Waals surface area contributed by atoms with Gasteiger partial charge in [-0.15, -0.1) is 5.10 Å². The first-order valence-corrected chi connectivity index (χ1v) is 10.4. The molecule has 3 rings (SSSR count). The van der Waals surface area contributed by atoms with Crippen molar-refractivity contribution in [3.05, 3.63) is 29.8 Å². The van der Waals surface area contributed by atoms with Gasteiger partial charge in [0.15, 0.2) is 5.82 Å². The molecule has 1 aliphatic rings. The lowest BCUT2D eigenvalue weighted by Crippen LogP contribution is -2.38. The Labute approximate surface area is 164 Å². The van der Waals surface area contributed by atoms with Gasteiger partial charge in [0.25, 0.3) is 5.24 Å². The van der Waals surface area contributed by atoms with Gasteiger partial charge in [-0.25, -0.2) is 4.98 Å². The van der Waals surface area contributed by atoms with Gasteiger partial charge >= 0.3 is 0 Å². The number of hydrogen-bond donors (Lipinski definition) is 2. The van der Waals surface area contributed by atoms with Gasteiger partial charge in [-0.05, 0) is 12.0 Å². The molecule has 142 valence electrons. The van der Waals surface area contributed by atoms with E-state index in [1.165, 1.54) is 17.3 Å². The Bertz CT molecular complexity index is 821. The molecule has 0 atom stereocenters. The van der Waals surface area contributed by atoms with E-state index in [1.807, 2.05) is 24.3 Å². The maximum Gasteiger partial charge on any atom is 0.288 e. The predicted octanol–water partition coefficient (Wildman–Crippen LogP) is 1.94. The molecule has 1 fully saturated rings. The zero-order valence-electron chi connectivity index (χ0n) is 14.7. The van der Waals surface area contributed by atoms with Crippen LogP contribution in [0, 0.1) is 0 Å². The van der Waals surface area contributed by atoms with Gasteiger partial charge in [0.2, 0.25) is 17.0 Å². The molecule has 0 unspecified atom stereocenters. The van der Waals surface area contributed by atoms with Gasteiger partial charge in [-0.1, -0.05) is 54.7 Å². The molecule has 2 N–H and O–H groups in total. The van der Waals surface area contributed by atoms with Crippen molar-refractivity contribution < 1.29 is 14.4 Å². The van der Waals surface area contributed by atoms with Crippen molar-refractivity contribution in [1.82, 2.24) is 25.4 Å². The fraction of sp³-hybridized carbons (Fsp3) is 0.353. The molecule has 1 aliphatic heterocycles. The van der Waals surface area contributed by atoms with E-state index in [2.05, 4.69) is 27.4 Å². The Morgan fingerprint density at radius 3 is 2.78 bits per heavy atom. The standard InChI is InChI=1S/C17H19N5O3S2/c1-2-11-3-5-12(6-4-11)15-19-16(21-20-15)26-9-13(23)18-7-8-22-14(24)10-27-17(22)25/h3-6H,2,7-10H2,1H3,(H,18,23)(H,19,20,21). The summed E-state index contributed by atoms with van der Waals surface area (Å²) in [5.41, 5.74) is 2.19. The molecule has 0 spiro atoms. The number of benzene rings is 1. The van der Waals surface area contributed by atoms with E-state index < -0.39 is 0 Å². The summed E-state index contributed by atoms with van der Waals surface area (Å²) in [5.74, 6) is 0.572. The van der Waals surface area contributed by atoms with Crippen molar-refractivity contribution in [3.8, 4) is 11.4 Å². The van der Waals surface area contributed by atoms with Crippen LogP contribution in [-0.2, 0) is 16.0 Å². The summed E-state index contributed by atoms with van der Waals surface area (Å²) in [7, 11) is 0. The fourth-order valence-corrected chi connectivity index (χ4v) is 3.80. The largest absolute Gasteiger partial charge is 0.354 e. The van der Waals surface area contributed by atoms with Crippen molar-refractivity contribution >= 4 is 40.6 Å². The monoisotopic (exact) mass is 405 g/mol. The molecule has 27 heavy (non-hydrogen) atoms. The Balaban J connectivity index is 1.43. The smallest absolute Gasteiger partial charge is 0.288 e. The lowest BCUT2D eigenvalue weighted by molar-refractivity contribution is -0.125. The molecule has 1 aromatic heterocycles. The van der Waals surface area contributed by atoms with Crippen LogP contribution >= 0.6 is 23.5 Å². The first-order chi connectivity index (χ1) is 13.1. The lowest BCUT2D eigenvalue weighted by atomic mass is 10.1. The van der Waals surface area contributed by atoms with Gasteiger partial charge in [0.1, 0.15) is 0 Å². The Kier molecular flexibility index (Phi) is 6.51. The molecule has 0 bridgehead atoms. The van der Waals surface area contributed by atoms with Gasteiger partial charge < -0.3 is 5.32 Å². The average Bonchev–Trinajstić information content (AvgIpc) is 3.28. The first-order valence-electron chi connectivity index (χ1n) is 8.45. The maximum absolute atomic E-state index is 11.9. The number of H-pyrrole nitrogens is 1. The number of aromatic nitrogens is 3. The summed E-state index contributed by atoms with van der Waals surface area (Å²) in [5, 5.41) is 9.91. The van der Waals surface area contributed by atoms with Crippen LogP contribution in [0.5, 0.6) is 0 Å². The highest BCUT2D eigenvalue weighted by Gasteiger charge is 2.29. The Hall–Kier alpha value is -2.33. The van der Waals surface area contributed by atoms with Gasteiger partial charge in [-0.3, -0.25) is 24.4 Å². The van der Waals surface area contributed by atoms with Crippen LogP contribution in [0.2, 0.25) is 0 Å². The maximum atomic E-state index is 11.9. The van der Waals surface area contributed by atoms with E-state index in [9.17, 15) is 14.4 Å². The highest BCUT2D eigenvalue weighted by atomic mass is 32.2. The van der Waals surface area contributed by atoms with Crippen LogP contribution in [0.15, 0.2) is 29.4 Å². The zero-order valence-corrected chi connectivity index (χ0v) is 16.4. The van der Waals surface area contributed by atoms with Crippen molar-refractivity contribution in [2.75, 3.05) is 24.6 Å². The van der Waals surface area contributed by atoms with Crippen molar-refractivity contribution in [3.63, 3.8) is 0 Å². The minimum atomic E-state index is -0.260. The zero-order chi connectivity index (χ0) is 19.2. The number of nitrogens with one attached hydrogen (secondary N) is 2. The molecule has 8 nitrogen and oxygen atoms in total. The van der Waals surface area contributed by atoms with Crippen LogP contribution < -0.4 is 5.32 Å². The third-order valence-electron chi connectivity index (χ3n) is 3.93. The van der Waals surface area contributed by atoms with Crippen LogP contribution in [0.25, 0.3) is 11.4 Å². The number of rotatable bonds is 8. The highest BCUT2D eigenvalue weighted by molar-refractivity contribution is 8.14. The molecule has 0 saturated carbocycles. The van der Waals surface area contributed by atoms with E-state index in [4.69, 9.17) is 0 Å². The van der Waals surface area contributed by atoms with Gasteiger partial charge in [0, 0.05) is 18.7 Å². The summed E-state index contributed by atoms with van der Waals surface area (Å²) in [6.45, 7) is 2.53. The molecular formula is C17H19N5O3S2. The third kappa shape index (κ3) is 5.10. The topological polar surface area (TPSA) is 108 Å². The summed E-state index contributed by atoms with van der Waals surface area (Å²) >= 11 is 2.20. The Morgan fingerprint density at radius 1 is 1.33 bits per heavy atom. The highest BCUT2D eigenvalue weighted by Crippen LogP contribution is 2.20. The second-order valence-corrected chi connectivity index (χ2v) is 7.62. The number of amides is 3. The normalized spacial score (nSPS) is 14.0. The van der Waals surface area contributed by atoms with Gasteiger partial charge in [-0.2, -0.15) is 0 Å². The number of aryl methyl sites for hydroxylation is 1. The number of hydrogen-bond acceptors (Lipinski definition) is 7. The molecule has 1 aromatic carbocycles. The van der Waals surface area contributed by atoms with Crippen LogP contribution in [-0.4, -0.2) is 61.7 Å². The molecule has 3 amide bonds. The quantitative estimate of drug-likeness (QED) is 0.646. The number of carbonyl (C=O) groups is 3. The van der Waals surface area contributed by atoms with Crippen molar-refractivity contribution in [1.29, 1.82) is 0 Å². The number of aromatic amines is 1. The molecule has 2 heterocycles. The number of carbonyl (C=O) groups excluding carboxylic acids is 3.